The Kier molecular flexibility index (Phi) is 5.38. The van der Waals surface area contributed by atoms with Crippen LogP contribution in [0.2, 0.25) is 0 Å². The smallest absolute Gasteiger partial charge is 0.357 e. The molecule has 2 aromatic carbocycles. The lowest BCUT2D eigenvalue weighted by atomic mass is 10.2. The second-order valence-electron chi connectivity index (χ2n) is 5.47. The highest BCUT2D eigenvalue weighted by Crippen LogP contribution is 2.20. The summed E-state index contributed by atoms with van der Waals surface area (Å²) in [5.41, 5.74) is 1.84. The zero-order chi connectivity index (χ0) is 18.4. The maximum atomic E-state index is 12.7. The second-order valence-corrected chi connectivity index (χ2v) is 5.47. The van der Waals surface area contributed by atoms with Gasteiger partial charge in [0, 0.05) is 5.56 Å². The molecular weight excluding hydrogens is 332 g/mol. The van der Waals surface area contributed by atoms with Crippen molar-refractivity contribution in [1.29, 1.82) is 0 Å². The van der Waals surface area contributed by atoms with Gasteiger partial charge in [-0.3, -0.25) is 0 Å². The molecule has 7 nitrogen and oxygen atoms in total. The number of nitrogens with zero attached hydrogens (tertiary/aromatic N) is 4. The lowest BCUT2D eigenvalue weighted by Crippen LogP contribution is -2.15. The van der Waals surface area contributed by atoms with Gasteiger partial charge in [-0.1, -0.05) is 48.5 Å². The van der Waals surface area contributed by atoms with Crippen LogP contribution in [0, 0.1) is 6.92 Å². The van der Waals surface area contributed by atoms with E-state index in [9.17, 15) is 4.79 Å². The molecule has 0 spiro atoms. The zero-order valence-corrected chi connectivity index (χ0v) is 14.5. The molecule has 132 valence electrons. The van der Waals surface area contributed by atoms with Gasteiger partial charge >= 0.3 is 5.97 Å². The van der Waals surface area contributed by atoms with Crippen LogP contribution in [0.15, 0.2) is 54.6 Å². The second kappa shape index (κ2) is 8.06. The van der Waals surface area contributed by atoms with Crippen LogP contribution in [0.3, 0.4) is 0 Å². The van der Waals surface area contributed by atoms with E-state index in [1.165, 1.54) is 4.68 Å². The average Bonchev–Trinajstić information content (AvgIpc) is 3.10. The Morgan fingerprint density at radius 3 is 2.54 bits per heavy atom. The van der Waals surface area contributed by atoms with Crippen LogP contribution in [0.5, 0.6) is 5.75 Å². The summed E-state index contributed by atoms with van der Waals surface area (Å²) in [5, 5.41) is 11.3. The van der Waals surface area contributed by atoms with E-state index in [1.54, 1.807) is 20.1 Å². The number of esters is 1. The van der Waals surface area contributed by atoms with E-state index in [4.69, 9.17) is 9.47 Å². The first kappa shape index (κ1) is 17.3. The van der Waals surface area contributed by atoms with Gasteiger partial charge in [0.05, 0.1) is 7.11 Å². The Morgan fingerprint density at radius 2 is 1.85 bits per heavy atom. The first-order valence-electron chi connectivity index (χ1n) is 8.00. The third-order valence-electron chi connectivity index (χ3n) is 3.72. The summed E-state index contributed by atoms with van der Waals surface area (Å²) in [6.07, 6.45) is 1.69. The molecule has 0 bridgehead atoms. The van der Waals surface area contributed by atoms with Crippen molar-refractivity contribution in [3.63, 3.8) is 0 Å². The van der Waals surface area contributed by atoms with Crippen molar-refractivity contribution in [2.24, 2.45) is 0 Å². The molecule has 0 amide bonds. The van der Waals surface area contributed by atoms with Gasteiger partial charge in [-0.25, -0.2) is 4.79 Å². The van der Waals surface area contributed by atoms with Gasteiger partial charge in [-0.15, -0.1) is 5.10 Å². The van der Waals surface area contributed by atoms with E-state index in [1.807, 2.05) is 54.6 Å². The van der Waals surface area contributed by atoms with Gasteiger partial charge in [-0.05, 0) is 35.1 Å². The highest BCUT2D eigenvalue weighted by molar-refractivity contribution is 6.15. The van der Waals surface area contributed by atoms with E-state index in [0.717, 1.165) is 11.1 Å². The van der Waals surface area contributed by atoms with E-state index in [-0.39, 0.29) is 12.3 Å². The highest BCUT2D eigenvalue weighted by atomic mass is 16.5. The lowest BCUT2D eigenvalue weighted by Gasteiger charge is -2.11. The van der Waals surface area contributed by atoms with Crippen molar-refractivity contribution in [1.82, 2.24) is 20.2 Å². The van der Waals surface area contributed by atoms with E-state index in [0.29, 0.717) is 11.6 Å². The van der Waals surface area contributed by atoms with Gasteiger partial charge in [0.1, 0.15) is 12.4 Å². The Hall–Kier alpha value is -3.48. The van der Waals surface area contributed by atoms with Crippen molar-refractivity contribution < 1.29 is 14.3 Å². The molecule has 0 atom stereocenters. The molecule has 0 aliphatic heterocycles. The minimum atomic E-state index is -0.532. The van der Waals surface area contributed by atoms with E-state index >= 15 is 0 Å². The summed E-state index contributed by atoms with van der Waals surface area (Å²) in [5.74, 6) is 0.615. The Bertz CT molecular complexity index is 919. The quantitative estimate of drug-likeness (QED) is 0.502. The number of aromatic nitrogens is 4. The summed E-state index contributed by atoms with van der Waals surface area (Å²) in [6.45, 7) is 1.79. The highest BCUT2D eigenvalue weighted by Gasteiger charge is 2.18. The van der Waals surface area contributed by atoms with Crippen LogP contribution in [-0.4, -0.2) is 33.3 Å². The van der Waals surface area contributed by atoms with Crippen molar-refractivity contribution in [2.75, 3.05) is 7.11 Å². The number of methoxy groups -OCH3 is 1. The Labute approximate surface area is 150 Å². The molecule has 7 heteroatoms. The van der Waals surface area contributed by atoms with Crippen LogP contribution >= 0.6 is 0 Å². The average molecular weight is 350 g/mol. The van der Waals surface area contributed by atoms with Gasteiger partial charge in [0.25, 0.3) is 0 Å². The van der Waals surface area contributed by atoms with Crippen molar-refractivity contribution in [3.05, 3.63) is 71.5 Å². The minimum absolute atomic E-state index is 0.0795. The van der Waals surface area contributed by atoms with Crippen LogP contribution in [0.1, 0.15) is 17.0 Å². The summed E-state index contributed by atoms with van der Waals surface area (Å²) in [6, 6.07) is 16.8. The largest absolute Gasteiger partial charge is 0.496 e. The SMILES string of the molecule is COc1ccccc1COC(=O)/C(=C/c1ccccc1)n1nnnc1C. The zero-order valence-electron chi connectivity index (χ0n) is 14.5. The fourth-order valence-electron chi connectivity index (χ4n) is 2.41. The topological polar surface area (TPSA) is 79.1 Å². The number of para-hydroxylation sites is 1. The van der Waals surface area contributed by atoms with Gasteiger partial charge in [-0.2, -0.15) is 4.68 Å². The first-order chi connectivity index (χ1) is 12.7. The molecule has 3 rings (SSSR count). The maximum absolute atomic E-state index is 12.7. The minimum Gasteiger partial charge on any atom is -0.496 e. The Morgan fingerprint density at radius 1 is 1.12 bits per heavy atom. The molecule has 3 aromatic rings. The van der Waals surface area contributed by atoms with Crippen molar-refractivity contribution >= 4 is 17.7 Å². The molecule has 0 N–H and O–H groups in total. The number of hydrogen-bond donors (Lipinski definition) is 0. The number of carbonyl (C=O) groups is 1. The first-order valence-corrected chi connectivity index (χ1v) is 8.00. The van der Waals surface area contributed by atoms with E-state index in [2.05, 4.69) is 15.5 Å². The molecule has 26 heavy (non-hydrogen) atoms. The predicted molar refractivity (Wildman–Crippen MR) is 96.0 cm³/mol. The van der Waals surface area contributed by atoms with Crippen LogP contribution in [0.4, 0.5) is 0 Å². The number of carbonyl (C=O) groups excluding carboxylic acids is 1. The normalized spacial score (nSPS) is 11.2. The standard InChI is InChI=1S/C19H18N4O3/c1-14-20-21-22-23(14)17(12-15-8-4-3-5-9-15)19(24)26-13-16-10-6-7-11-18(16)25-2/h3-12H,13H2,1-2H3/b17-12-. The number of hydrogen-bond acceptors (Lipinski definition) is 6. The molecule has 1 heterocycles. The number of rotatable bonds is 6. The Balaban J connectivity index is 1.86. The maximum Gasteiger partial charge on any atom is 0.357 e. The predicted octanol–water partition coefficient (Wildman–Crippen LogP) is 2.73. The fourth-order valence-corrected chi connectivity index (χ4v) is 2.41. The molecule has 0 fully saturated rings. The van der Waals surface area contributed by atoms with Gasteiger partial charge in [0.2, 0.25) is 0 Å². The van der Waals surface area contributed by atoms with Crippen LogP contribution < -0.4 is 4.74 Å². The number of benzene rings is 2. The van der Waals surface area contributed by atoms with Gasteiger partial charge in [0.15, 0.2) is 11.5 Å². The lowest BCUT2D eigenvalue weighted by molar-refractivity contribution is -0.138. The molecule has 0 unspecified atom stereocenters. The van der Waals surface area contributed by atoms with Crippen LogP contribution in [0.25, 0.3) is 11.8 Å². The number of ether oxygens (including phenoxy) is 2. The van der Waals surface area contributed by atoms with Gasteiger partial charge < -0.3 is 9.47 Å². The molecular formula is C19H18N4O3. The van der Waals surface area contributed by atoms with E-state index < -0.39 is 5.97 Å². The molecule has 0 radical (unpaired) electrons. The number of tetrazole rings is 1. The van der Waals surface area contributed by atoms with Crippen molar-refractivity contribution in [3.8, 4) is 5.75 Å². The summed E-state index contributed by atoms with van der Waals surface area (Å²) in [7, 11) is 1.58. The molecule has 0 aliphatic rings. The molecule has 0 saturated carbocycles. The fraction of sp³-hybridized carbons (Fsp3) is 0.158. The third-order valence-corrected chi connectivity index (χ3v) is 3.72. The number of aryl methyl sites for hydroxylation is 1. The summed E-state index contributed by atoms with van der Waals surface area (Å²) < 4.78 is 12.1. The molecule has 0 aliphatic carbocycles. The summed E-state index contributed by atoms with van der Waals surface area (Å²) in [4.78, 5) is 12.7. The van der Waals surface area contributed by atoms with Crippen LogP contribution in [-0.2, 0) is 16.1 Å². The molecule has 1 aromatic heterocycles. The molecule has 0 saturated heterocycles. The summed E-state index contributed by atoms with van der Waals surface area (Å²) >= 11 is 0. The monoisotopic (exact) mass is 350 g/mol. The third kappa shape index (κ3) is 3.94. The van der Waals surface area contributed by atoms with Crippen molar-refractivity contribution in [2.45, 2.75) is 13.5 Å².